The Kier molecular flexibility index (Phi) is 3.16. The molecule has 1 atom stereocenters. The lowest BCUT2D eigenvalue weighted by molar-refractivity contribution is 0.0261. The predicted octanol–water partition coefficient (Wildman–Crippen LogP) is 2.19. The van der Waals surface area contributed by atoms with E-state index in [9.17, 15) is 5.26 Å². The number of nitrogens with zero attached hydrogens (tertiary/aromatic N) is 3. The van der Waals surface area contributed by atoms with Crippen molar-refractivity contribution in [2.75, 3.05) is 24.6 Å². The van der Waals surface area contributed by atoms with Crippen LogP contribution in [0, 0.1) is 31.1 Å². The van der Waals surface area contributed by atoms with Gasteiger partial charge in [-0.15, -0.1) is 0 Å². The van der Waals surface area contributed by atoms with Gasteiger partial charge in [0.25, 0.3) is 0 Å². The van der Waals surface area contributed by atoms with Crippen molar-refractivity contribution >= 4 is 5.82 Å². The van der Waals surface area contributed by atoms with Crippen LogP contribution in [0.3, 0.4) is 0 Å². The van der Waals surface area contributed by atoms with Gasteiger partial charge in [-0.1, -0.05) is 0 Å². The number of rotatable bonds is 2. The van der Waals surface area contributed by atoms with Gasteiger partial charge in [-0.3, -0.25) is 0 Å². The smallest absolute Gasteiger partial charge is 0.146 e. The third kappa shape index (κ3) is 2.43. The summed E-state index contributed by atoms with van der Waals surface area (Å²) in [6.07, 6.45) is 2.89. The lowest BCUT2D eigenvalue weighted by atomic mass is 10.1. The van der Waals surface area contributed by atoms with Crippen molar-refractivity contribution in [3.8, 4) is 6.07 Å². The molecule has 1 aliphatic carbocycles. The first-order valence-electron chi connectivity index (χ1n) is 6.94. The summed E-state index contributed by atoms with van der Waals surface area (Å²) in [6, 6.07) is 4.22. The second kappa shape index (κ2) is 4.82. The maximum Gasteiger partial charge on any atom is 0.146 e. The Labute approximate surface area is 114 Å². The molecule has 1 saturated heterocycles. The van der Waals surface area contributed by atoms with Gasteiger partial charge in [0.05, 0.1) is 18.3 Å². The molecule has 0 bridgehead atoms. The Morgan fingerprint density at radius 2 is 2.21 bits per heavy atom. The van der Waals surface area contributed by atoms with Crippen LogP contribution in [0.25, 0.3) is 0 Å². The van der Waals surface area contributed by atoms with E-state index >= 15 is 0 Å². The number of aromatic nitrogens is 1. The summed E-state index contributed by atoms with van der Waals surface area (Å²) in [5, 5.41) is 9.30. The number of anilines is 1. The summed E-state index contributed by atoms with van der Waals surface area (Å²) < 4.78 is 5.83. The molecule has 0 spiro atoms. The molecule has 2 aliphatic rings. The average molecular weight is 257 g/mol. The Bertz CT molecular complexity index is 531. The minimum atomic E-state index is 0.323. The summed E-state index contributed by atoms with van der Waals surface area (Å²) in [6.45, 7) is 6.43. The lowest BCUT2D eigenvalue weighted by Crippen LogP contribution is -2.44. The van der Waals surface area contributed by atoms with Gasteiger partial charge in [-0.05, 0) is 44.2 Å². The summed E-state index contributed by atoms with van der Waals surface area (Å²) in [7, 11) is 0. The second-order valence-corrected chi connectivity index (χ2v) is 5.57. The van der Waals surface area contributed by atoms with E-state index in [-0.39, 0.29) is 0 Å². The number of ether oxygens (including phenoxy) is 1. The van der Waals surface area contributed by atoms with Crippen molar-refractivity contribution in [3.63, 3.8) is 0 Å². The highest BCUT2D eigenvalue weighted by Crippen LogP contribution is 2.36. The number of pyridine rings is 1. The molecule has 0 N–H and O–H groups in total. The Balaban J connectivity index is 1.88. The van der Waals surface area contributed by atoms with Crippen molar-refractivity contribution in [1.82, 2.24) is 4.98 Å². The minimum absolute atomic E-state index is 0.323. The zero-order valence-corrected chi connectivity index (χ0v) is 11.5. The molecule has 0 aromatic carbocycles. The first-order valence-corrected chi connectivity index (χ1v) is 6.94. The van der Waals surface area contributed by atoms with Crippen LogP contribution in [0.4, 0.5) is 5.82 Å². The molecule has 1 unspecified atom stereocenters. The zero-order valence-electron chi connectivity index (χ0n) is 11.5. The van der Waals surface area contributed by atoms with Crippen LogP contribution >= 0.6 is 0 Å². The van der Waals surface area contributed by atoms with Crippen LogP contribution in [0.15, 0.2) is 6.07 Å². The number of aryl methyl sites for hydroxylation is 2. The summed E-state index contributed by atoms with van der Waals surface area (Å²) in [5.41, 5.74) is 2.76. The van der Waals surface area contributed by atoms with Crippen molar-refractivity contribution in [2.24, 2.45) is 5.92 Å². The summed E-state index contributed by atoms with van der Waals surface area (Å²) >= 11 is 0. The van der Waals surface area contributed by atoms with Gasteiger partial charge in [-0.25, -0.2) is 4.98 Å². The van der Waals surface area contributed by atoms with Crippen molar-refractivity contribution < 1.29 is 4.74 Å². The average Bonchev–Trinajstić information content (AvgIpc) is 3.26. The van der Waals surface area contributed by atoms with Crippen LogP contribution in [-0.2, 0) is 4.74 Å². The molecular weight excluding hydrogens is 238 g/mol. The molecule has 0 radical (unpaired) electrons. The van der Waals surface area contributed by atoms with Gasteiger partial charge in [0.2, 0.25) is 0 Å². The van der Waals surface area contributed by atoms with E-state index in [0.29, 0.717) is 11.7 Å². The Morgan fingerprint density at radius 3 is 2.89 bits per heavy atom. The van der Waals surface area contributed by atoms with Crippen molar-refractivity contribution in [3.05, 3.63) is 22.9 Å². The highest BCUT2D eigenvalue weighted by Gasteiger charge is 2.36. The number of hydrogen-bond acceptors (Lipinski definition) is 4. The molecule has 4 nitrogen and oxygen atoms in total. The first kappa shape index (κ1) is 12.4. The molecule has 19 heavy (non-hydrogen) atoms. The van der Waals surface area contributed by atoms with E-state index in [1.165, 1.54) is 12.8 Å². The van der Waals surface area contributed by atoms with E-state index in [0.717, 1.165) is 42.7 Å². The van der Waals surface area contributed by atoms with E-state index in [1.807, 2.05) is 19.9 Å². The standard InChI is InChI=1S/C15H19N3O/c1-10-7-13(8-16)15(17-11(10)2)18-5-6-19-14(9-18)12-3-4-12/h7,12,14H,3-6,9H2,1-2H3. The fraction of sp³-hybridized carbons (Fsp3) is 0.600. The quantitative estimate of drug-likeness (QED) is 0.815. The Morgan fingerprint density at radius 1 is 1.42 bits per heavy atom. The maximum absolute atomic E-state index is 9.30. The van der Waals surface area contributed by atoms with Gasteiger partial charge in [0, 0.05) is 18.8 Å². The summed E-state index contributed by atoms with van der Waals surface area (Å²) in [4.78, 5) is 6.85. The maximum atomic E-state index is 9.30. The molecule has 4 heteroatoms. The van der Waals surface area contributed by atoms with Crippen LogP contribution in [-0.4, -0.2) is 30.8 Å². The van der Waals surface area contributed by atoms with Gasteiger partial charge in [-0.2, -0.15) is 5.26 Å². The van der Waals surface area contributed by atoms with Crippen LogP contribution in [0.2, 0.25) is 0 Å². The third-order valence-electron chi connectivity index (χ3n) is 4.11. The van der Waals surface area contributed by atoms with E-state index < -0.39 is 0 Å². The SMILES string of the molecule is Cc1cc(C#N)c(N2CCOC(C3CC3)C2)nc1C. The van der Waals surface area contributed by atoms with Crippen LogP contribution in [0.1, 0.15) is 29.7 Å². The fourth-order valence-electron chi connectivity index (χ4n) is 2.64. The molecule has 1 aliphatic heterocycles. The zero-order chi connectivity index (χ0) is 13.4. The molecule has 100 valence electrons. The number of hydrogen-bond donors (Lipinski definition) is 0. The summed E-state index contributed by atoms with van der Waals surface area (Å²) in [5.74, 6) is 1.56. The normalized spacial score (nSPS) is 23.2. The van der Waals surface area contributed by atoms with Gasteiger partial charge < -0.3 is 9.64 Å². The molecule has 2 heterocycles. The van der Waals surface area contributed by atoms with Crippen molar-refractivity contribution in [2.45, 2.75) is 32.8 Å². The molecule has 1 aromatic heterocycles. The van der Waals surface area contributed by atoms with Crippen LogP contribution in [0.5, 0.6) is 0 Å². The van der Waals surface area contributed by atoms with Crippen molar-refractivity contribution in [1.29, 1.82) is 5.26 Å². The number of morpholine rings is 1. The molecule has 2 fully saturated rings. The van der Waals surface area contributed by atoms with Gasteiger partial charge >= 0.3 is 0 Å². The fourth-order valence-corrected chi connectivity index (χ4v) is 2.64. The monoisotopic (exact) mass is 257 g/mol. The second-order valence-electron chi connectivity index (χ2n) is 5.57. The van der Waals surface area contributed by atoms with E-state index in [4.69, 9.17) is 4.74 Å². The first-order chi connectivity index (χ1) is 9.19. The minimum Gasteiger partial charge on any atom is -0.374 e. The topological polar surface area (TPSA) is 49.2 Å². The Hall–Kier alpha value is -1.60. The molecule has 1 aromatic rings. The molecule has 3 rings (SSSR count). The highest BCUT2D eigenvalue weighted by atomic mass is 16.5. The third-order valence-corrected chi connectivity index (χ3v) is 4.11. The van der Waals surface area contributed by atoms with Crippen LogP contribution < -0.4 is 4.90 Å². The van der Waals surface area contributed by atoms with Gasteiger partial charge in [0.1, 0.15) is 11.9 Å². The van der Waals surface area contributed by atoms with E-state index in [2.05, 4.69) is 16.0 Å². The number of nitriles is 1. The largest absolute Gasteiger partial charge is 0.374 e. The molecular formula is C15H19N3O. The van der Waals surface area contributed by atoms with E-state index in [1.54, 1.807) is 0 Å². The highest BCUT2D eigenvalue weighted by molar-refractivity contribution is 5.56. The lowest BCUT2D eigenvalue weighted by Gasteiger charge is -2.34. The van der Waals surface area contributed by atoms with Gasteiger partial charge in [0.15, 0.2) is 0 Å². The molecule has 0 amide bonds. The predicted molar refractivity (Wildman–Crippen MR) is 73.1 cm³/mol. The molecule has 1 saturated carbocycles.